The first-order chi connectivity index (χ1) is 23.3. The summed E-state index contributed by atoms with van der Waals surface area (Å²) in [5, 5.41) is 7.39. The van der Waals surface area contributed by atoms with Crippen molar-refractivity contribution in [3.05, 3.63) is 44.6 Å². The topological polar surface area (TPSA) is 115 Å². The highest BCUT2D eigenvalue weighted by atomic mass is 35.5. The number of piperidine rings is 4. The van der Waals surface area contributed by atoms with E-state index in [4.69, 9.17) is 28.5 Å². The summed E-state index contributed by atoms with van der Waals surface area (Å²) >= 11 is 7.99. The number of rotatable bonds is 6. The molecule has 0 radical (unpaired) electrons. The number of terminal acetylenes is 1. The predicted octanol–water partition coefficient (Wildman–Crippen LogP) is 3.81. The molecule has 1 aromatic heterocycles. The van der Waals surface area contributed by atoms with E-state index >= 15 is 0 Å². The Kier molecular flexibility index (Phi) is 9.74. The maximum absolute atomic E-state index is 14.1. The largest absolute Gasteiger partial charge is 0.436 e. The van der Waals surface area contributed by atoms with E-state index in [1.807, 2.05) is 15.2 Å². The Hall–Kier alpha value is -3.50. The van der Waals surface area contributed by atoms with Crippen LogP contribution in [0, 0.1) is 18.3 Å². The number of hydrogen-bond donors (Lipinski definition) is 2. The molecule has 6 aliphatic rings. The van der Waals surface area contributed by atoms with E-state index in [1.165, 1.54) is 25.9 Å². The van der Waals surface area contributed by atoms with Gasteiger partial charge in [-0.2, -0.15) is 0 Å². The van der Waals surface area contributed by atoms with Gasteiger partial charge >= 0.3 is 12.1 Å². The summed E-state index contributed by atoms with van der Waals surface area (Å²) < 4.78 is 6.05. The fourth-order valence-corrected chi connectivity index (χ4v) is 9.26. The second kappa shape index (κ2) is 14.2. The summed E-state index contributed by atoms with van der Waals surface area (Å²) in [7, 11) is 0. The molecule has 2 bridgehead atoms. The molecule has 2 aromatic rings. The average molecular weight is 694 g/mol. The fraction of sp³-hybridized carbons (Fsp3) is 0.571. The highest BCUT2D eigenvalue weighted by molar-refractivity contribution is 7.08. The van der Waals surface area contributed by atoms with Crippen molar-refractivity contribution in [1.29, 1.82) is 0 Å². The van der Waals surface area contributed by atoms with Crippen LogP contribution in [-0.2, 0) is 22.4 Å². The number of nitrogens with two attached hydrogens (primary N) is 1. The molecular weight excluding hydrogens is 650 g/mol. The van der Waals surface area contributed by atoms with Gasteiger partial charge < -0.3 is 35.4 Å². The molecule has 11 nitrogen and oxygen atoms in total. The van der Waals surface area contributed by atoms with Gasteiger partial charge in [-0.15, -0.1) is 17.8 Å². The molecule has 13 heteroatoms. The highest BCUT2D eigenvalue weighted by Gasteiger charge is 2.40. The Morgan fingerprint density at radius 3 is 2.46 bits per heavy atom. The number of anilines is 2. The number of thiophene rings is 1. The Morgan fingerprint density at radius 1 is 1.02 bits per heavy atom. The SMILES string of the molecule is C#Cc1cc(C[C@@H](OC(=O)N2CCC(N3CCc4cscc4NC3=O)CC2)C(=O)N2CCN(C3CN4CCC3CC4)CC2)cc(Cl)c1N. The summed E-state index contributed by atoms with van der Waals surface area (Å²) in [4.78, 5) is 51.2. The Balaban J connectivity index is 0.998. The van der Waals surface area contributed by atoms with Gasteiger partial charge in [-0.25, -0.2) is 9.59 Å². The normalized spacial score (nSPS) is 25.5. The van der Waals surface area contributed by atoms with E-state index in [0.717, 1.165) is 43.2 Å². The van der Waals surface area contributed by atoms with Gasteiger partial charge in [0.05, 0.1) is 16.4 Å². The van der Waals surface area contributed by atoms with E-state index < -0.39 is 12.2 Å². The zero-order valence-corrected chi connectivity index (χ0v) is 28.8. The van der Waals surface area contributed by atoms with Crippen molar-refractivity contribution >= 4 is 52.3 Å². The Bertz CT molecular complexity index is 1570. The Morgan fingerprint density at radius 2 is 1.77 bits per heavy atom. The lowest BCUT2D eigenvalue weighted by atomic mass is 9.83. The van der Waals surface area contributed by atoms with Crippen molar-refractivity contribution in [3.63, 3.8) is 0 Å². The molecule has 0 spiro atoms. The van der Waals surface area contributed by atoms with Gasteiger partial charge in [0.1, 0.15) is 0 Å². The van der Waals surface area contributed by atoms with Crippen molar-refractivity contribution < 1.29 is 19.1 Å². The average Bonchev–Trinajstić information content (AvgIpc) is 3.49. The van der Waals surface area contributed by atoms with Gasteiger partial charge in [-0.1, -0.05) is 17.5 Å². The van der Waals surface area contributed by atoms with Crippen LogP contribution in [0.3, 0.4) is 0 Å². The Labute approximate surface area is 291 Å². The van der Waals surface area contributed by atoms with Crippen LogP contribution in [0.1, 0.15) is 42.4 Å². The van der Waals surface area contributed by atoms with Crippen molar-refractivity contribution in [2.45, 2.75) is 56.7 Å². The number of amides is 4. The molecular formula is C35H44ClN7O4S. The number of halogens is 1. The molecule has 0 saturated carbocycles. The van der Waals surface area contributed by atoms with Gasteiger partial charge in [-0.3, -0.25) is 9.69 Å². The third-order valence-electron chi connectivity index (χ3n) is 11.0. The molecule has 4 amide bonds. The molecule has 48 heavy (non-hydrogen) atoms. The molecule has 1 aromatic carbocycles. The van der Waals surface area contributed by atoms with Gasteiger partial charge in [0, 0.05) is 81.8 Å². The van der Waals surface area contributed by atoms with Crippen LogP contribution >= 0.6 is 22.9 Å². The maximum Gasteiger partial charge on any atom is 0.410 e. The van der Waals surface area contributed by atoms with Crippen molar-refractivity contribution in [3.8, 4) is 12.3 Å². The molecule has 2 atom stereocenters. The standard InChI is InChI=1S/C35H44ClN7O4S/c1-2-24-17-23(18-28(36)32(24)37)19-31(33(44)41-15-13-40(14-16-41)30-20-39-8-3-25(30)4-9-39)47-35(46)42-10-6-27(7-11-42)43-12-5-26-21-48-22-29(26)38-34(43)45/h1,17-18,21-22,25,27,30-31H,3-16,19-20,37H2,(H,38,45)/t30?,31-/m1/s1. The van der Waals surface area contributed by atoms with Crippen molar-refractivity contribution in [1.82, 2.24) is 24.5 Å². The molecule has 5 fully saturated rings. The first-order valence-corrected chi connectivity index (χ1v) is 18.5. The third kappa shape index (κ3) is 6.83. The van der Waals surface area contributed by atoms with Crippen LogP contribution in [0.15, 0.2) is 22.9 Å². The molecule has 5 saturated heterocycles. The number of carbonyl (C=O) groups is 3. The number of benzene rings is 1. The number of fused-ring (bicyclic) bond motifs is 4. The van der Waals surface area contributed by atoms with Crippen molar-refractivity contribution in [2.75, 3.05) is 76.5 Å². The number of hydrogen-bond acceptors (Lipinski definition) is 8. The number of likely N-dealkylation sites (tertiary alicyclic amines) is 1. The fourth-order valence-electron chi connectivity index (χ4n) is 8.19. The van der Waals surface area contributed by atoms with Crippen LogP contribution in [0.4, 0.5) is 21.0 Å². The minimum absolute atomic E-state index is 0.0192. The summed E-state index contributed by atoms with van der Waals surface area (Å²) in [5.41, 5.74) is 9.54. The molecule has 1 unspecified atom stereocenters. The molecule has 3 N–H and O–H groups in total. The second-order valence-electron chi connectivity index (χ2n) is 13.7. The number of nitrogens with zero attached hydrogens (tertiary/aromatic N) is 5. The maximum atomic E-state index is 14.1. The summed E-state index contributed by atoms with van der Waals surface area (Å²) in [6.45, 7) is 7.80. The molecule has 256 valence electrons. The van der Waals surface area contributed by atoms with Crippen LogP contribution < -0.4 is 11.1 Å². The van der Waals surface area contributed by atoms with E-state index in [0.29, 0.717) is 73.4 Å². The first-order valence-electron chi connectivity index (χ1n) is 17.2. The molecule has 7 heterocycles. The van der Waals surface area contributed by atoms with Crippen molar-refractivity contribution in [2.24, 2.45) is 5.92 Å². The third-order valence-corrected chi connectivity index (χ3v) is 12.1. The number of ether oxygens (including phenoxy) is 1. The van der Waals surface area contributed by atoms with E-state index in [9.17, 15) is 14.4 Å². The first kappa shape index (κ1) is 33.0. The minimum atomic E-state index is -1.04. The van der Waals surface area contributed by atoms with Crippen LogP contribution in [-0.4, -0.2) is 126 Å². The summed E-state index contributed by atoms with van der Waals surface area (Å²) in [6, 6.07) is 3.89. The van der Waals surface area contributed by atoms with Gasteiger partial charge in [0.15, 0.2) is 6.10 Å². The smallest absolute Gasteiger partial charge is 0.410 e. The van der Waals surface area contributed by atoms with Gasteiger partial charge in [0.25, 0.3) is 5.91 Å². The van der Waals surface area contributed by atoms with E-state index in [2.05, 4.69) is 26.4 Å². The molecule has 8 rings (SSSR count). The van der Waals surface area contributed by atoms with Crippen LogP contribution in [0.2, 0.25) is 5.02 Å². The van der Waals surface area contributed by atoms with Gasteiger partial charge in [-0.05, 0) is 79.8 Å². The lowest BCUT2D eigenvalue weighted by Gasteiger charge is -2.51. The number of nitrogens with one attached hydrogen (secondary N) is 1. The lowest BCUT2D eigenvalue weighted by molar-refractivity contribution is -0.143. The van der Waals surface area contributed by atoms with Gasteiger partial charge in [0.2, 0.25) is 0 Å². The second-order valence-corrected chi connectivity index (χ2v) is 14.9. The number of piperazine rings is 1. The zero-order valence-electron chi connectivity index (χ0n) is 27.2. The lowest BCUT2D eigenvalue weighted by Crippen LogP contribution is -2.62. The summed E-state index contributed by atoms with van der Waals surface area (Å²) in [6.07, 6.45) is 8.81. The van der Waals surface area contributed by atoms with Crippen LogP contribution in [0.25, 0.3) is 0 Å². The minimum Gasteiger partial charge on any atom is -0.436 e. The summed E-state index contributed by atoms with van der Waals surface area (Å²) in [5.74, 6) is 3.08. The molecule has 0 aliphatic carbocycles. The predicted molar refractivity (Wildman–Crippen MR) is 187 cm³/mol. The highest BCUT2D eigenvalue weighted by Crippen LogP contribution is 2.32. The monoisotopic (exact) mass is 693 g/mol. The molecule has 6 aliphatic heterocycles. The number of nitrogen functional groups attached to an aromatic ring is 1. The van der Waals surface area contributed by atoms with E-state index in [1.54, 1.807) is 28.4 Å². The van der Waals surface area contributed by atoms with Crippen LogP contribution in [0.5, 0.6) is 0 Å². The quantitative estimate of drug-likeness (QED) is 0.350. The zero-order chi connectivity index (χ0) is 33.4. The number of carbonyl (C=O) groups excluding carboxylic acids is 3. The number of urea groups is 1. The van der Waals surface area contributed by atoms with E-state index in [-0.39, 0.29) is 24.4 Å².